The fraction of sp³-hybridized carbons (Fsp3) is 0.0233. The summed E-state index contributed by atoms with van der Waals surface area (Å²) >= 11 is 0. The molecule has 0 aliphatic heterocycles. The number of fused-ring (bicyclic) bond motifs is 6. The van der Waals surface area contributed by atoms with Crippen LogP contribution in [0.1, 0.15) is 5.56 Å². The van der Waals surface area contributed by atoms with Gasteiger partial charge >= 0.3 is 0 Å². The van der Waals surface area contributed by atoms with Gasteiger partial charge in [-0.25, -0.2) is 0 Å². The number of nitrogens with zero attached hydrogens (tertiary/aromatic N) is 2. The maximum Gasteiger partial charge on any atom is 0.0543 e. The minimum Gasteiger partial charge on any atom is -0.309 e. The molecule has 0 spiro atoms. The van der Waals surface area contributed by atoms with E-state index in [0.29, 0.717) is 0 Å². The van der Waals surface area contributed by atoms with E-state index in [0.717, 1.165) is 0 Å². The predicted molar refractivity (Wildman–Crippen MR) is 191 cm³/mol. The molecule has 2 heterocycles. The summed E-state index contributed by atoms with van der Waals surface area (Å²) in [5.74, 6) is 0. The third kappa shape index (κ3) is 4.11. The Labute approximate surface area is 262 Å². The molecule has 0 unspecified atom stereocenters. The molecule has 2 aromatic heterocycles. The van der Waals surface area contributed by atoms with Gasteiger partial charge in [0.1, 0.15) is 0 Å². The smallest absolute Gasteiger partial charge is 0.0543 e. The molecule has 0 fully saturated rings. The maximum absolute atomic E-state index is 2.40. The third-order valence-electron chi connectivity index (χ3n) is 9.15. The van der Waals surface area contributed by atoms with E-state index in [2.05, 4.69) is 180 Å². The van der Waals surface area contributed by atoms with Crippen LogP contribution in [0.2, 0.25) is 0 Å². The molecule has 45 heavy (non-hydrogen) atoms. The van der Waals surface area contributed by atoms with Gasteiger partial charge in [-0.3, -0.25) is 0 Å². The lowest BCUT2D eigenvalue weighted by atomic mass is 10.0. The van der Waals surface area contributed by atoms with Crippen molar-refractivity contribution in [2.24, 2.45) is 0 Å². The Hall–Kier alpha value is -5.86. The summed E-state index contributed by atoms with van der Waals surface area (Å²) in [7, 11) is 0. The Balaban J connectivity index is 1.23. The van der Waals surface area contributed by atoms with E-state index in [1.54, 1.807) is 0 Å². The second-order valence-electron chi connectivity index (χ2n) is 11.9. The molecular formula is C43H30N2. The molecule has 2 heteroatoms. The van der Waals surface area contributed by atoms with Crippen molar-refractivity contribution in [3.8, 4) is 33.6 Å². The van der Waals surface area contributed by atoms with Crippen LogP contribution in [0.3, 0.4) is 0 Å². The van der Waals surface area contributed by atoms with E-state index in [1.807, 2.05) is 0 Å². The number of benzene rings is 7. The normalized spacial score (nSPS) is 11.7. The van der Waals surface area contributed by atoms with E-state index < -0.39 is 0 Å². The van der Waals surface area contributed by atoms with Crippen LogP contribution in [0.15, 0.2) is 164 Å². The third-order valence-corrected chi connectivity index (χ3v) is 9.15. The van der Waals surface area contributed by atoms with Crippen LogP contribution >= 0.6 is 0 Å². The van der Waals surface area contributed by atoms with Crippen LogP contribution < -0.4 is 0 Å². The van der Waals surface area contributed by atoms with Crippen LogP contribution in [0, 0.1) is 6.92 Å². The summed E-state index contributed by atoms with van der Waals surface area (Å²) in [6.07, 6.45) is 0. The van der Waals surface area contributed by atoms with Gasteiger partial charge in [0.05, 0.1) is 22.1 Å². The van der Waals surface area contributed by atoms with Gasteiger partial charge in [0.15, 0.2) is 0 Å². The fourth-order valence-corrected chi connectivity index (χ4v) is 7.05. The number of aryl methyl sites for hydroxylation is 1. The van der Waals surface area contributed by atoms with E-state index in [4.69, 9.17) is 0 Å². The van der Waals surface area contributed by atoms with Crippen molar-refractivity contribution in [3.63, 3.8) is 0 Å². The first-order valence-electron chi connectivity index (χ1n) is 15.5. The van der Waals surface area contributed by atoms with E-state index in [1.165, 1.54) is 82.8 Å². The Morgan fingerprint density at radius 3 is 1.58 bits per heavy atom. The Morgan fingerprint density at radius 1 is 0.311 bits per heavy atom. The average Bonchev–Trinajstić information content (AvgIpc) is 3.60. The summed E-state index contributed by atoms with van der Waals surface area (Å²) in [4.78, 5) is 0. The average molecular weight is 575 g/mol. The first kappa shape index (κ1) is 25.6. The van der Waals surface area contributed by atoms with Crippen molar-refractivity contribution in [1.82, 2.24) is 9.13 Å². The number of para-hydroxylation sites is 2. The summed E-state index contributed by atoms with van der Waals surface area (Å²) in [6, 6.07) is 59.6. The van der Waals surface area contributed by atoms with Crippen LogP contribution in [-0.2, 0) is 0 Å². The number of hydrogen-bond acceptors (Lipinski definition) is 0. The molecular weight excluding hydrogens is 544 g/mol. The minimum atomic E-state index is 1.17. The molecule has 0 saturated heterocycles. The molecule has 0 bridgehead atoms. The summed E-state index contributed by atoms with van der Waals surface area (Å²) in [6.45, 7) is 2.17. The molecule has 9 rings (SSSR count). The molecule has 0 radical (unpaired) electrons. The van der Waals surface area contributed by atoms with Crippen LogP contribution in [-0.4, -0.2) is 9.13 Å². The fourth-order valence-electron chi connectivity index (χ4n) is 7.05. The SMILES string of the molecule is Cc1ccc2c3cc(-c4ccc5c(c4)c4ccccc4n5-c4cccc(-c5ccccc5)c4)ccc3n(-c3ccccc3)c2c1. The molecule has 9 aromatic rings. The van der Waals surface area contributed by atoms with Gasteiger partial charge in [-0.05, 0) is 95.4 Å². The Kier molecular flexibility index (Phi) is 5.76. The van der Waals surface area contributed by atoms with Gasteiger partial charge in [0, 0.05) is 32.9 Å². The molecule has 7 aromatic carbocycles. The number of hydrogen-bond donors (Lipinski definition) is 0. The highest BCUT2D eigenvalue weighted by Crippen LogP contribution is 2.38. The zero-order valence-electron chi connectivity index (χ0n) is 25.0. The highest BCUT2D eigenvalue weighted by atomic mass is 15.0. The lowest BCUT2D eigenvalue weighted by Crippen LogP contribution is -1.94. The van der Waals surface area contributed by atoms with E-state index >= 15 is 0 Å². The molecule has 0 aliphatic carbocycles. The molecule has 0 aliphatic rings. The predicted octanol–water partition coefficient (Wildman–Crippen LogP) is 11.5. The first-order valence-corrected chi connectivity index (χ1v) is 15.5. The molecule has 2 nitrogen and oxygen atoms in total. The van der Waals surface area contributed by atoms with Gasteiger partial charge in [0.2, 0.25) is 0 Å². The lowest BCUT2D eigenvalue weighted by molar-refractivity contribution is 1.18. The zero-order valence-corrected chi connectivity index (χ0v) is 25.0. The van der Waals surface area contributed by atoms with Crippen molar-refractivity contribution in [3.05, 3.63) is 169 Å². The topological polar surface area (TPSA) is 9.86 Å². The maximum atomic E-state index is 2.40. The Morgan fingerprint density at radius 2 is 0.844 bits per heavy atom. The van der Waals surface area contributed by atoms with Crippen LogP contribution in [0.4, 0.5) is 0 Å². The van der Waals surface area contributed by atoms with E-state index in [-0.39, 0.29) is 0 Å². The van der Waals surface area contributed by atoms with Crippen molar-refractivity contribution >= 4 is 43.6 Å². The summed E-state index contributed by atoms with van der Waals surface area (Å²) < 4.78 is 4.79. The van der Waals surface area contributed by atoms with Crippen molar-refractivity contribution < 1.29 is 0 Å². The van der Waals surface area contributed by atoms with Crippen LogP contribution in [0.5, 0.6) is 0 Å². The largest absolute Gasteiger partial charge is 0.309 e. The van der Waals surface area contributed by atoms with Gasteiger partial charge in [-0.1, -0.05) is 103 Å². The molecule has 0 N–H and O–H groups in total. The second kappa shape index (κ2) is 10.1. The van der Waals surface area contributed by atoms with Crippen LogP contribution in [0.25, 0.3) is 77.2 Å². The standard InChI is InChI=1S/C43H30N2/c1-29-19-22-37-39-28-33(20-23-41(39)44(43(37)25-29)34-14-6-3-7-15-34)32-21-24-42-38(27-32)36-17-8-9-18-40(36)45(42)35-16-10-13-31(26-35)30-11-4-2-5-12-30/h2-28H,1H3. The zero-order chi connectivity index (χ0) is 29.9. The molecule has 212 valence electrons. The van der Waals surface area contributed by atoms with Crippen molar-refractivity contribution in [1.29, 1.82) is 0 Å². The highest BCUT2D eigenvalue weighted by Gasteiger charge is 2.16. The molecule has 0 saturated carbocycles. The lowest BCUT2D eigenvalue weighted by Gasteiger charge is -2.11. The first-order chi connectivity index (χ1) is 22.2. The molecule has 0 atom stereocenters. The molecule has 0 amide bonds. The number of aromatic nitrogens is 2. The van der Waals surface area contributed by atoms with E-state index in [9.17, 15) is 0 Å². The van der Waals surface area contributed by atoms with Crippen molar-refractivity contribution in [2.45, 2.75) is 6.92 Å². The highest BCUT2D eigenvalue weighted by molar-refractivity contribution is 6.12. The number of rotatable bonds is 4. The minimum absolute atomic E-state index is 1.17. The quantitative estimate of drug-likeness (QED) is 0.198. The van der Waals surface area contributed by atoms with Gasteiger partial charge in [-0.15, -0.1) is 0 Å². The van der Waals surface area contributed by atoms with Gasteiger partial charge in [-0.2, -0.15) is 0 Å². The second-order valence-corrected chi connectivity index (χ2v) is 11.9. The van der Waals surface area contributed by atoms with Crippen molar-refractivity contribution in [2.75, 3.05) is 0 Å². The van der Waals surface area contributed by atoms with Gasteiger partial charge < -0.3 is 9.13 Å². The Bertz CT molecular complexity index is 2530. The summed E-state index contributed by atoms with van der Waals surface area (Å²) in [5, 5.41) is 5.07. The van der Waals surface area contributed by atoms with Gasteiger partial charge in [0.25, 0.3) is 0 Å². The summed E-state index contributed by atoms with van der Waals surface area (Å²) in [5.41, 5.74) is 13.4. The monoisotopic (exact) mass is 574 g/mol.